The molecule has 0 saturated heterocycles. The van der Waals surface area contributed by atoms with Gasteiger partial charge in [0.25, 0.3) is 0 Å². The summed E-state index contributed by atoms with van der Waals surface area (Å²) >= 11 is 1.94. The van der Waals surface area contributed by atoms with Gasteiger partial charge in [-0.2, -0.15) is 0 Å². The molecule has 1 aliphatic heterocycles. The summed E-state index contributed by atoms with van der Waals surface area (Å²) in [5, 5.41) is 5.85. The predicted octanol–water partition coefficient (Wildman–Crippen LogP) is 3.42. The van der Waals surface area contributed by atoms with Crippen LogP contribution in [0.15, 0.2) is 11.4 Å². The number of hydrogen-bond acceptors (Lipinski definition) is 3. The van der Waals surface area contributed by atoms with Gasteiger partial charge in [-0.15, -0.1) is 11.3 Å². The van der Waals surface area contributed by atoms with Crippen molar-refractivity contribution in [1.29, 1.82) is 0 Å². The fourth-order valence-electron chi connectivity index (χ4n) is 2.91. The summed E-state index contributed by atoms with van der Waals surface area (Å²) in [4.78, 5) is 4.26. The van der Waals surface area contributed by atoms with Gasteiger partial charge >= 0.3 is 0 Å². The minimum atomic E-state index is 0.883. The van der Waals surface area contributed by atoms with Gasteiger partial charge in [0.05, 0.1) is 0 Å². The van der Waals surface area contributed by atoms with Crippen LogP contribution < -0.4 is 5.32 Å². The second-order valence-electron chi connectivity index (χ2n) is 6.04. The van der Waals surface area contributed by atoms with Crippen molar-refractivity contribution in [2.24, 2.45) is 0 Å². The van der Waals surface area contributed by atoms with Gasteiger partial charge < -0.3 is 5.32 Å². The molecule has 3 heteroatoms. The van der Waals surface area contributed by atoms with Crippen LogP contribution in [0.25, 0.3) is 0 Å². The Morgan fingerprint density at radius 2 is 2.11 bits per heavy atom. The molecule has 0 spiro atoms. The lowest BCUT2D eigenvalue weighted by atomic mass is 10.1. The molecule has 1 aromatic rings. The van der Waals surface area contributed by atoms with Crippen LogP contribution in [0.2, 0.25) is 0 Å². The van der Waals surface area contributed by atoms with Crippen molar-refractivity contribution in [3.8, 4) is 0 Å². The first-order chi connectivity index (χ1) is 9.42. The normalized spacial score (nSPS) is 19.6. The SMILES string of the molecule is c1cc2c(s1)CCN(CCCCCCNC1CC1)C2. The molecule has 1 fully saturated rings. The number of fused-ring (bicyclic) bond motifs is 1. The Morgan fingerprint density at radius 3 is 3.00 bits per heavy atom. The number of nitrogens with one attached hydrogen (secondary N) is 1. The van der Waals surface area contributed by atoms with Gasteiger partial charge in [0, 0.05) is 24.0 Å². The molecule has 3 rings (SSSR count). The quantitative estimate of drug-likeness (QED) is 0.733. The first kappa shape index (κ1) is 13.6. The Morgan fingerprint density at radius 1 is 1.21 bits per heavy atom. The van der Waals surface area contributed by atoms with Gasteiger partial charge in [-0.3, -0.25) is 4.90 Å². The maximum atomic E-state index is 3.60. The van der Waals surface area contributed by atoms with Crippen LogP contribution in [-0.4, -0.2) is 30.6 Å². The van der Waals surface area contributed by atoms with Crippen LogP contribution in [0.4, 0.5) is 0 Å². The largest absolute Gasteiger partial charge is 0.314 e. The van der Waals surface area contributed by atoms with Gasteiger partial charge in [0.15, 0.2) is 0 Å². The van der Waals surface area contributed by atoms with Gasteiger partial charge in [-0.25, -0.2) is 0 Å². The zero-order valence-corrected chi connectivity index (χ0v) is 12.7. The highest BCUT2D eigenvalue weighted by atomic mass is 32.1. The molecular weight excluding hydrogens is 252 g/mol. The highest BCUT2D eigenvalue weighted by molar-refractivity contribution is 7.10. The number of rotatable bonds is 8. The zero-order valence-electron chi connectivity index (χ0n) is 11.9. The maximum absolute atomic E-state index is 3.60. The van der Waals surface area contributed by atoms with E-state index in [1.165, 1.54) is 71.1 Å². The van der Waals surface area contributed by atoms with E-state index in [9.17, 15) is 0 Å². The Hall–Kier alpha value is -0.380. The monoisotopic (exact) mass is 278 g/mol. The average Bonchev–Trinajstić information content (AvgIpc) is 3.13. The molecule has 106 valence electrons. The van der Waals surface area contributed by atoms with E-state index in [-0.39, 0.29) is 0 Å². The van der Waals surface area contributed by atoms with Crippen LogP contribution in [0, 0.1) is 0 Å². The lowest BCUT2D eigenvalue weighted by Gasteiger charge is -2.26. The summed E-state index contributed by atoms with van der Waals surface area (Å²) in [6, 6.07) is 3.20. The molecule has 0 atom stereocenters. The lowest BCUT2D eigenvalue weighted by molar-refractivity contribution is 0.250. The van der Waals surface area contributed by atoms with Crippen LogP contribution in [0.3, 0.4) is 0 Å². The molecule has 1 N–H and O–H groups in total. The minimum Gasteiger partial charge on any atom is -0.314 e. The Kier molecular flexibility index (Phi) is 4.91. The van der Waals surface area contributed by atoms with Crippen molar-refractivity contribution in [3.63, 3.8) is 0 Å². The van der Waals surface area contributed by atoms with Crippen molar-refractivity contribution in [2.45, 2.75) is 57.5 Å². The van der Waals surface area contributed by atoms with E-state index in [0.717, 1.165) is 6.04 Å². The van der Waals surface area contributed by atoms with Gasteiger partial charge in [0.2, 0.25) is 0 Å². The summed E-state index contributed by atoms with van der Waals surface area (Å²) in [7, 11) is 0. The fraction of sp³-hybridized carbons (Fsp3) is 0.750. The summed E-state index contributed by atoms with van der Waals surface area (Å²) in [6.45, 7) is 5.01. The summed E-state index contributed by atoms with van der Waals surface area (Å²) in [5.74, 6) is 0. The maximum Gasteiger partial charge on any atom is 0.0244 e. The molecule has 2 heterocycles. The fourth-order valence-corrected chi connectivity index (χ4v) is 3.80. The highest BCUT2D eigenvalue weighted by Crippen LogP contribution is 2.24. The summed E-state index contributed by atoms with van der Waals surface area (Å²) in [5.41, 5.74) is 1.59. The first-order valence-corrected chi connectivity index (χ1v) is 8.81. The molecule has 0 bridgehead atoms. The van der Waals surface area contributed by atoms with Gasteiger partial charge in [-0.1, -0.05) is 12.8 Å². The van der Waals surface area contributed by atoms with Crippen LogP contribution in [0.5, 0.6) is 0 Å². The van der Waals surface area contributed by atoms with Crippen LogP contribution >= 0.6 is 11.3 Å². The van der Waals surface area contributed by atoms with E-state index < -0.39 is 0 Å². The van der Waals surface area contributed by atoms with Gasteiger partial charge in [0.1, 0.15) is 0 Å². The second kappa shape index (κ2) is 6.87. The van der Waals surface area contributed by atoms with Crippen molar-refractivity contribution in [2.75, 3.05) is 19.6 Å². The molecule has 0 amide bonds. The van der Waals surface area contributed by atoms with E-state index >= 15 is 0 Å². The highest BCUT2D eigenvalue weighted by Gasteiger charge is 2.19. The molecule has 0 unspecified atom stereocenters. The Labute approximate surface area is 121 Å². The van der Waals surface area contributed by atoms with E-state index in [1.54, 1.807) is 10.4 Å². The molecule has 1 aliphatic carbocycles. The molecule has 19 heavy (non-hydrogen) atoms. The molecule has 0 aromatic carbocycles. The Balaban J connectivity index is 1.22. The third-order valence-electron chi connectivity index (χ3n) is 4.30. The molecular formula is C16H26N2S. The molecule has 2 nitrogen and oxygen atoms in total. The third-order valence-corrected chi connectivity index (χ3v) is 5.32. The molecule has 1 saturated carbocycles. The number of thiophene rings is 1. The molecule has 1 aromatic heterocycles. The number of nitrogens with zero attached hydrogens (tertiary/aromatic N) is 1. The third kappa shape index (κ3) is 4.30. The Bertz CT molecular complexity index is 384. The summed E-state index contributed by atoms with van der Waals surface area (Å²) in [6.07, 6.45) is 9.65. The van der Waals surface area contributed by atoms with Crippen molar-refractivity contribution in [3.05, 3.63) is 21.9 Å². The van der Waals surface area contributed by atoms with Crippen LogP contribution in [0.1, 0.15) is 49.0 Å². The van der Waals surface area contributed by atoms with Crippen molar-refractivity contribution < 1.29 is 0 Å². The minimum absolute atomic E-state index is 0.883. The average molecular weight is 278 g/mol. The predicted molar refractivity (Wildman–Crippen MR) is 82.8 cm³/mol. The lowest BCUT2D eigenvalue weighted by Crippen LogP contribution is -2.30. The van der Waals surface area contributed by atoms with E-state index in [1.807, 2.05) is 11.3 Å². The van der Waals surface area contributed by atoms with Gasteiger partial charge in [-0.05, 0) is 62.2 Å². The standard InChI is InChI=1S/C16H26N2S/c1(3-9-17-15-5-6-15)2-4-10-18-11-7-16-14(13-18)8-12-19-16/h8,12,15,17H,1-7,9-11,13H2. The summed E-state index contributed by atoms with van der Waals surface area (Å²) < 4.78 is 0. The second-order valence-corrected chi connectivity index (χ2v) is 7.04. The molecule has 0 radical (unpaired) electrons. The van der Waals surface area contributed by atoms with E-state index in [0.29, 0.717) is 0 Å². The first-order valence-electron chi connectivity index (χ1n) is 7.93. The number of hydrogen-bond donors (Lipinski definition) is 1. The van der Waals surface area contributed by atoms with E-state index in [2.05, 4.69) is 21.7 Å². The molecule has 2 aliphatic rings. The van der Waals surface area contributed by atoms with Crippen LogP contribution in [-0.2, 0) is 13.0 Å². The smallest absolute Gasteiger partial charge is 0.0244 e. The zero-order chi connectivity index (χ0) is 12.9. The van der Waals surface area contributed by atoms with Crippen molar-refractivity contribution in [1.82, 2.24) is 10.2 Å². The van der Waals surface area contributed by atoms with Crippen molar-refractivity contribution >= 4 is 11.3 Å². The van der Waals surface area contributed by atoms with E-state index in [4.69, 9.17) is 0 Å². The number of unbranched alkanes of at least 4 members (excludes halogenated alkanes) is 3. The topological polar surface area (TPSA) is 15.3 Å².